The monoisotopic (exact) mass is 286 g/mol. The van der Waals surface area contributed by atoms with Crippen LogP contribution < -0.4 is 11.1 Å². The lowest BCUT2D eigenvalue weighted by Crippen LogP contribution is -2.28. The summed E-state index contributed by atoms with van der Waals surface area (Å²) in [5.74, 6) is -0.361. The second kappa shape index (κ2) is 6.39. The summed E-state index contributed by atoms with van der Waals surface area (Å²) in [4.78, 5) is 12.0. The van der Waals surface area contributed by atoms with Gasteiger partial charge in [-0.15, -0.1) is 0 Å². The van der Waals surface area contributed by atoms with Gasteiger partial charge in [0, 0.05) is 5.69 Å². The molecule has 0 aliphatic heterocycles. The summed E-state index contributed by atoms with van der Waals surface area (Å²) in [5.41, 5.74) is 8.52. The molecule has 0 aliphatic rings. The summed E-state index contributed by atoms with van der Waals surface area (Å²) >= 11 is 0. The maximum Gasteiger partial charge on any atom is 0.224 e. The molecule has 0 heterocycles. The number of nitrogens with two attached hydrogens (primary N) is 1. The second-order valence-corrected chi connectivity index (χ2v) is 5.22. The van der Waals surface area contributed by atoms with Crippen LogP contribution in [-0.4, -0.2) is 5.91 Å². The minimum Gasteiger partial charge on any atom is -0.399 e. The number of nitrogens with one attached hydrogen (secondary N) is 1. The number of nitrogen functional groups attached to an aromatic ring is 1. The minimum atomic E-state index is -0.257. The number of anilines is 1. The molecule has 2 aromatic carbocycles. The average molecular weight is 286 g/mol. The third-order valence-corrected chi connectivity index (χ3v) is 3.42. The Morgan fingerprint density at radius 3 is 2.52 bits per heavy atom. The summed E-state index contributed by atoms with van der Waals surface area (Å²) in [6.07, 6.45) is 0.277. The molecule has 2 aromatic rings. The number of carbonyl (C=O) groups excluding carboxylic acids is 1. The predicted octanol–water partition coefficient (Wildman–Crippen LogP) is 3.14. The van der Waals surface area contributed by atoms with Gasteiger partial charge in [0.15, 0.2) is 0 Å². The quantitative estimate of drug-likeness (QED) is 0.848. The van der Waals surface area contributed by atoms with E-state index in [0.717, 1.165) is 11.1 Å². The summed E-state index contributed by atoms with van der Waals surface area (Å²) in [6, 6.07) is 11.9. The fourth-order valence-corrected chi connectivity index (χ4v) is 2.08. The van der Waals surface area contributed by atoms with Crippen LogP contribution in [0.15, 0.2) is 42.5 Å². The highest BCUT2D eigenvalue weighted by molar-refractivity contribution is 5.79. The van der Waals surface area contributed by atoms with Gasteiger partial charge in [0.2, 0.25) is 5.91 Å². The van der Waals surface area contributed by atoms with Crippen LogP contribution in [0.5, 0.6) is 0 Å². The summed E-state index contributed by atoms with van der Waals surface area (Å²) < 4.78 is 13.5. The van der Waals surface area contributed by atoms with Gasteiger partial charge in [-0.2, -0.15) is 0 Å². The van der Waals surface area contributed by atoms with Gasteiger partial charge >= 0.3 is 0 Å². The molecule has 3 N–H and O–H groups in total. The molecule has 3 nitrogen and oxygen atoms in total. The van der Waals surface area contributed by atoms with Gasteiger partial charge < -0.3 is 11.1 Å². The summed E-state index contributed by atoms with van der Waals surface area (Å²) in [6.45, 7) is 3.55. The van der Waals surface area contributed by atoms with Crippen LogP contribution in [0, 0.1) is 12.7 Å². The van der Waals surface area contributed by atoms with Crippen LogP contribution in [0.4, 0.5) is 10.1 Å². The Labute approximate surface area is 124 Å². The van der Waals surface area contributed by atoms with Crippen LogP contribution in [0.3, 0.4) is 0 Å². The number of benzene rings is 2. The van der Waals surface area contributed by atoms with Crippen molar-refractivity contribution in [2.45, 2.75) is 26.3 Å². The number of aryl methyl sites for hydroxylation is 1. The van der Waals surface area contributed by atoms with Gasteiger partial charge in [-0.1, -0.05) is 24.3 Å². The lowest BCUT2D eigenvalue weighted by molar-refractivity contribution is -0.121. The maximum absolute atomic E-state index is 13.5. The number of hydrogen-bond acceptors (Lipinski definition) is 2. The Kier molecular flexibility index (Phi) is 4.58. The molecule has 1 unspecified atom stereocenters. The summed E-state index contributed by atoms with van der Waals surface area (Å²) in [5, 5.41) is 2.87. The first-order chi connectivity index (χ1) is 9.95. The van der Waals surface area contributed by atoms with E-state index in [9.17, 15) is 9.18 Å². The zero-order valence-corrected chi connectivity index (χ0v) is 12.2. The lowest BCUT2D eigenvalue weighted by atomic mass is 10.1. The first-order valence-electron chi connectivity index (χ1n) is 6.85. The maximum atomic E-state index is 13.5. The smallest absolute Gasteiger partial charge is 0.224 e. The number of amides is 1. The fourth-order valence-electron chi connectivity index (χ4n) is 2.08. The molecule has 0 saturated heterocycles. The van der Waals surface area contributed by atoms with E-state index < -0.39 is 0 Å². The van der Waals surface area contributed by atoms with Crippen LogP contribution in [-0.2, 0) is 11.2 Å². The van der Waals surface area contributed by atoms with Crippen molar-refractivity contribution in [3.05, 3.63) is 65.0 Å². The molecule has 0 bridgehead atoms. The molecule has 0 saturated carbocycles. The average Bonchev–Trinajstić information content (AvgIpc) is 2.44. The van der Waals surface area contributed by atoms with Crippen molar-refractivity contribution in [3.63, 3.8) is 0 Å². The van der Waals surface area contributed by atoms with E-state index >= 15 is 0 Å². The fraction of sp³-hybridized carbons (Fsp3) is 0.235. The van der Waals surface area contributed by atoms with Crippen molar-refractivity contribution < 1.29 is 9.18 Å². The number of halogens is 1. The van der Waals surface area contributed by atoms with Crippen molar-refractivity contribution in [3.8, 4) is 0 Å². The van der Waals surface area contributed by atoms with E-state index in [4.69, 9.17) is 5.73 Å². The first-order valence-corrected chi connectivity index (χ1v) is 6.85. The minimum absolute atomic E-state index is 0.103. The van der Waals surface area contributed by atoms with Gasteiger partial charge in [-0.05, 0) is 48.7 Å². The predicted molar refractivity (Wildman–Crippen MR) is 82.3 cm³/mol. The third kappa shape index (κ3) is 4.05. The molecule has 1 atom stereocenters. The van der Waals surface area contributed by atoms with E-state index in [-0.39, 0.29) is 24.2 Å². The van der Waals surface area contributed by atoms with Crippen molar-refractivity contribution in [1.29, 1.82) is 0 Å². The molecule has 0 radical (unpaired) electrons. The largest absolute Gasteiger partial charge is 0.399 e. The van der Waals surface area contributed by atoms with E-state index in [1.165, 1.54) is 6.07 Å². The molecule has 2 rings (SSSR count). The highest BCUT2D eigenvalue weighted by atomic mass is 19.1. The van der Waals surface area contributed by atoms with Crippen LogP contribution >= 0.6 is 0 Å². The lowest BCUT2D eigenvalue weighted by Gasteiger charge is -2.15. The van der Waals surface area contributed by atoms with Crippen molar-refractivity contribution in [2.24, 2.45) is 0 Å². The van der Waals surface area contributed by atoms with E-state index in [1.807, 2.05) is 25.1 Å². The normalized spacial score (nSPS) is 12.0. The molecule has 0 fully saturated rings. The number of carbonyl (C=O) groups is 1. The third-order valence-electron chi connectivity index (χ3n) is 3.42. The number of hydrogen-bond donors (Lipinski definition) is 2. The molecular formula is C17H19FN2O. The highest BCUT2D eigenvalue weighted by Gasteiger charge is 2.11. The molecule has 1 amide bonds. The van der Waals surface area contributed by atoms with E-state index in [2.05, 4.69) is 5.32 Å². The topological polar surface area (TPSA) is 55.1 Å². The molecule has 0 aliphatic carbocycles. The highest BCUT2D eigenvalue weighted by Crippen LogP contribution is 2.16. The second-order valence-electron chi connectivity index (χ2n) is 5.22. The molecule has 0 aromatic heterocycles. The number of rotatable bonds is 4. The molecular weight excluding hydrogens is 267 g/mol. The van der Waals surface area contributed by atoms with Crippen LogP contribution in [0.2, 0.25) is 0 Å². The molecule has 4 heteroatoms. The van der Waals surface area contributed by atoms with E-state index in [1.54, 1.807) is 25.1 Å². The van der Waals surface area contributed by atoms with E-state index in [0.29, 0.717) is 11.3 Å². The zero-order chi connectivity index (χ0) is 15.4. The van der Waals surface area contributed by atoms with Crippen LogP contribution in [0.1, 0.15) is 29.7 Å². The SMILES string of the molecule is Cc1ccc(C(C)NC(=O)Cc2ccc(N)cc2)cc1F. The van der Waals surface area contributed by atoms with Gasteiger partial charge in [0.1, 0.15) is 5.82 Å². The zero-order valence-electron chi connectivity index (χ0n) is 12.2. The summed E-state index contributed by atoms with van der Waals surface area (Å²) in [7, 11) is 0. The van der Waals surface area contributed by atoms with Gasteiger partial charge in [0.05, 0.1) is 12.5 Å². The van der Waals surface area contributed by atoms with Crippen molar-refractivity contribution in [2.75, 3.05) is 5.73 Å². The Hall–Kier alpha value is -2.36. The Bertz CT molecular complexity index is 638. The Balaban J connectivity index is 1.98. The molecule has 110 valence electrons. The van der Waals surface area contributed by atoms with Crippen molar-refractivity contribution >= 4 is 11.6 Å². The van der Waals surface area contributed by atoms with Crippen LogP contribution in [0.25, 0.3) is 0 Å². The first kappa shape index (κ1) is 15.0. The van der Waals surface area contributed by atoms with Gasteiger partial charge in [0.25, 0.3) is 0 Å². The Morgan fingerprint density at radius 1 is 1.24 bits per heavy atom. The molecule has 0 spiro atoms. The Morgan fingerprint density at radius 2 is 1.90 bits per heavy atom. The van der Waals surface area contributed by atoms with Crippen molar-refractivity contribution in [1.82, 2.24) is 5.32 Å². The van der Waals surface area contributed by atoms with Gasteiger partial charge in [-0.3, -0.25) is 4.79 Å². The van der Waals surface area contributed by atoms with Gasteiger partial charge in [-0.25, -0.2) is 4.39 Å². The molecule has 21 heavy (non-hydrogen) atoms. The standard InChI is InChI=1S/C17H19FN2O/c1-11-3-6-14(10-16(11)18)12(2)20-17(21)9-13-4-7-15(19)8-5-13/h3-8,10,12H,9,19H2,1-2H3,(H,20,21).